The first kappa shape index (κ1) is 20.8. The summed E-state index contributed by atoms with van der Waals surface area (Å²) in [6.45, 7) is 4.35. The second-order valence-electron chi connectivity index (χ2n) is 6.89. The third-order valence-corrected chi connectivity index (χ3v) is 4.50. The number of ether oxygens (including phenoxy) is 1. The minimum atomic E-state index is -0.886. The zero-order valence-corrected chi connectivity index (χ0v) is 17.6. The fraction of sp³-hybridized carbons (Fsp3) is 0.300. The summed E-state index contributed by atoms with van der Waals surface area (Å²) in [7, 11) is 0. The van der Waals surface area contributed by atoms with Crippen LogP contribution < -0.4 is 5.32 Å². The van der Waals surface area contributed by atoms with Crippen molar-refractivity contribution in [3.63, 3.8) is 0 Å². The molecule has 0 aliphatic rings. The van der Waals surface area contributed by atoms with Crippen LogP contribution in [0.5, 0.6) is 0 Å². The number of rotatable bonds is 8. The van der Waals surface area contributed by atoms with Crippen molar-refractivity contribution in [3.05, 3.63) is 59.2 Å². The van der Waals surface area contributed by atoms with E-state index in [2.05, 4.69) is 31.4 Å². The average molecular weight is 461 g/mol. The number of hydrogen-bond donors (Lipinski definition) is 1. The number of benzene rings is 1. The Kier molecular flexibility index (Phi) is 6.82. The smallest absolute Gasteiger partial charge is 0.330 e. The predicted octanol–water partition coefficient (Wildman–Crippen LogP) is 3.30. The van der Waals surface area contributed by atoms with Gasteiger partial charge in [0.1, 0.15) is 6.04 Å². The number of carbonyl (C=O) groups is 2. The van der Waals surface area contributed by atoms with Crippen LogP contribution in [0, 0.1) is 5.92 Å². The molecule has 0 saturated heterocycles. The van der Waals surface area contributed by atoms with Crippen LogP contribution in [0.15, 0.2) is 58.0 Å². The molecule has 3 rings (SSSR count). The second kappa shape index (κ2) is 9.51. The molecule has 0 fully saturated rings. The third kappa shape index (κ3) is 5.77. The van der Waals surface area contributed by atoms with Crippen LogP contribution in [0.4, 0.5) is 0 Å². The van der Waals surface area contributed by atoms with E-state index in [9.17, 15) is 9.59 Å². The summed E-state index contributed by atoms with van der Waals surface area (Å²) < 4.78 is 13.2. The fourth-order valence-electron chi connectivity index (χ4n) is 2.50. The van der Waals surface area contributed by atoms with Gasteiger partial charge in [-0.25, -0.2) is 9.78 Å². The van der Waals surface area contributed by atoms with Crippen molar-refractivity contribution < 1.29 is 18.8 Å². The van der Waals surface area contributed by atoms with Crippen LogP contribution in [0.1, 0.15) is 24.3 Å². The van der Waals surface area contributed by atoms with Gasteiger partial charge in [-0.3, -0.25) is 4.79 Å². The molecule has 8 nitrogen and oxygen atoms in total. The molecule has 29 heavy (non-hydrogen) atoms. The Balaban J connectivity index is 1.71. The molecule has 0 aliphatic carbocycles. The molecule has 1 amide bonds. The highest BCUT2D eigenvalue weighted by Crippen LogP contribution is 2.22. The number of hydrogen-bond acceptors (Lipinski definition) is 6. The number of aromatic nitrogens is 3. The zero-order valence-electron chi connectivity index (χ0n) is 16.0. The summed E-state index contributed by atoms with van der Waals surface area (Å²) in [5.74, 6) is -0.398. The topological polar surface area (TPSA) is 99.2 Å². The van der Waals surface area contributed by atoms with E-state index < -0.39 is 17.9 Å². The van der Waals surface area contributed by atoms with Crippen molar-refractivity contribution in [2.75, 3.05) is 6.61 Å². The summed E-state index contributed by atoms with van der Waals surface area (Å²) in [5.41, 5.74) is 0.862. The van der Waals surface area contributed by atoms with Crippen molar-refractivity contribution in [3.8, 4) is 11.3 Å². The normalized spacial score (nSPS) is 12.0. The van der Waals surface area contributed by atoms with Crippen molar-refractivity contribution in [1.29, 1.82) is 0 Å². The molecule has 3 aromatic rings. The predicted molar refractivity (Wildman–Crippen MR) is 109 cm³/mol. The van der Waals surface area contributed by atoms with Crippen LogP contribution >= 0.6 is 15.9 Å². The lowest BCUT2D eigenvalue weighted by Gasteiger charge is -2.18. The molecule has 2 aromatic heterocycles. The van der Waals surface area contributed by atoms with E-state index in [4.69, 9.17) is 9.26 Å². The Bertz CT molecular complexity index is 951. The molecule has 152 valence electrons. The minimum absolute atomic E-state index is 0.0789. The Hall–Kier alpha value is -2.94. The molecule has 0 bridgehead atoms. The lowest BCUT2D eigenvalue weighted by molar-refractivity contribution is -0.147. The first-order chi connectivity index (χ1) is 13.9. The number of imidazole rings is 1. The van der Waals surface area contributed by atoms with E-state index in [0.29, 0.717) is 5.76 Å². The Morgan fingerprint density at radius 1 is 1.28 bits per heavy atom. The van der Waals surface area contributed by atoms with E-state index >= 15 is 0 Å². The van der Waals surface area contributed by atoms with Gasteiger partial charge in [0, 0.05) is 28.5 Å². The average Bonchev–Trinajstić information content (AvgIpc) is 3.38. The highest BCUT2D eigenvalue weighted by molar-refractivity contribution is 9.10. The van der Waals surface area contributed by atoms with Gasteiger partial charge in [-0.05, 0) is 18.1 Å². The molecule has 1 N–H and O–H groups in total. The van der Waals surface area contributed by atoms with Crippen LogP contribution in [-0.4, -0.2) is 39.2 Å². The molecule has 0 radical (unpaired) electrons. The van der Waals surface area contributed by atoms with Gasteiger partial charge < -0.3 is 19.1 Å². The maximum Gasteiger partial charge on any atom is 0.330 e. The summed E-state index contributed by atoms with van der Waals surface area (Å²) in [5, 5.41) is 6.51. The molecular formula is C20H21BrN4O4. The minimum Gasteiger partial charge on any atom is -0.464 e. The lowest BCUT2D eigenvalue weighted by atomic mass is 10.1. The largest absolute Gasteiger partial charge is 0.464 e. The van der Waals surface area contributed by atoms with Crippen molar-refractivity contribution in [2.45, 2.75) is 26.4 Å². The zero-order chi connectivity index (χ0) is 20.8. The quantitative estimate of drug-likeness (QED) is 0.517. The lowest BCUT2D eigenvalue weighted by Crippen LogP contribution is -2.45. The van der Waals surface area contributed by atoms with Crippen LogP contribution in [-0.2, 0) is 16.1 Å². The van der Waals surface area contributed by atoms with E-state index in [1.807, 2.05) is 38.1 Å². The number of nitrogens with one attached hydrogen (secondary N) is 1. The number of carbonyl (C=O) groups excluding carboxylic acids is 2. The number of esters is 1. The van der Waals surface area contributed by atoms with Crippen molar-refractivity contribution in [1.82, 2.24) is 20.0 Å². The van der Waals surface area contributed by atoms with E-state index in [-0.39, 0.29) is 24.8 Å². The molecule has 1 atom stereocenters. The van der Waals surface area contributed by atoms with Gasteiger partial charge in [0.15, 0.2) is 11.5 Å². The second-order valence-corrected chi connectivity index (χ2v) is 7.81. The molecule has 0 aliphatic heterocycles. The fourth-order valence-corrected chi connectivity index (χ4v) is 2.76. The number of halogens is 1. The Labute approximate surface area is 176 Å². The summed E-state index contributed by atoms with van der Waals surface area (Å²) in [4.78, 5) is 29.1. The molecule has 1 aromatic carbocycles. The first-order valence-corrected chi connectivity index (χ1v) is 9.87. The molecular weight excluding hydrogens is 440 g/mol. The van der Waals surface area contributed by atoms with Gasteiger partial charge in [-0.1, -0.05) is 47.1 Å². The van der Waals surface area contributed by atoms with E-state index in [1.54, 1.807) is 23.3 Å². The number of amides is 1. The highest BCUT2D eigenvalue weighted by Gasteiger charge is 2.25. The standard InChI is InChI=1S/C20H21BrN4O4/c1-13(2)11-28-20(27)17(10-25-8-7-22-12-25)23-19(26)16-9-18(29-24-16)14-3-5-15(21)6-4-14/h3-9,12-13,17H,10-11H2,1-2H3,(H,23,26)/t17-/m0/s1. The summed E-state index contributed by atoms with van der Waals surface area (Å²) in [6, 6.07) is 8.07. The maximum absolute atomic E-state index is 12.7. The van der Waals surface area contributed by atoms with Crippen LogP contribution in [0.3, 0.4) is 0 Å². The molecule has 0 spiro atoms. The summed E-state index contributed by atoms with van der Waals surface area (Å²) in [6.07, 6.45) is 4.87. The maximum atomic E-state index is 12.7. The van der Waals surface area contributed by atoms with Gasteiger partial charge in [-0.2, -0.15) is 0 Å². The number of nitrogens with zero attached hydrogens (tertiary/aromatic N) is 3. The van der Waals surface area contributed by atoms with E-state index in [1.165, 1.54) is 6.07 Å². The van der Waals surface area contributed by atoms with Gasteiger partial charge >= 0.3 is 5.97 Å². The van der Waals surface area contributed by atoms with Gasteiger partial charge in [-0.15, -0.1) is 0 Å². The molecule has 9 heteroatoms. The van der Waals surface area contributed by atoms with Crippen LogP contribution in [0.2, 0.25) is 0 Å². The monoisotopic (exact) mass is 460 g/mol. The van der Waals surface area contributed by atoms with Gasteiger partial charge in [0.25, 0.3) is 5.91 Å². The third-order valence-electron chi connectivity index (χ3n) is 3.97. The Morgan fingerprint density at radius 2 is 2.03 bits per heavy atom. The van der Waals surface area contributed by atoms with Gasteiger partial charge in [0.2, 0.25) is 0 Å². The van der Waals surface area contributed by atoms with Crippen molar-refractivity contribution in [2.24, 2.45) is 5.92 Å². The first-order valence-electron chi connectivity index (χ1n) is 9.08. The van der Waals surface area contributed by atoms with Crippen LogP contribution in [0.25, 0.3) is 11.3 Å². The highest BCUT2D eigenvalue weighted by atomic mass is 79.9. The summed E-state index contributed by atoms with van der Waals surface area (Å²) >= 11 is 3.37. The SMILES string of the molecule is CC(C)COC(=O)[C@H](Cn1ccnc1)NC(=O)c1cc(-c2ccc(Br)cc2)on1. The Morgan fingerprint density at radius 3 is 2.69 bits per heavy atom. The van der Waals surface area contributed by atoms with Crippen molar-refractivity contribution >= 4 is 27.8 Å². The van der Waals surface area contributed by atoms with Gasteiger partial charge in [0.05, 0.1) is 19.5 Å². The van der Waals surface area contributed by atoms with E-state index in [0.717, 1.165) is 10.0 Å². The molecule has 0 saturated carbocycles. The molecule has 0 unspecified atom stereocenters. The molecule has 2 heterocycles.